The molecule has 0 aromatic heterocycles. The van der Waals surface area contributed by atoms with Crippen LogP contribution >= 0.6 is 23.2 Å². The first-order chi connectivity index (χ1) is 3.25. The van der Waals surface area contributed by atoms with E-state index < -0.39 is 3.96 Å². The molecule has 3 radical (unpaired) electrons. The number of rotatable bonds is 0. The Labute approximate surface area is 64.0 Å². The van der Waals surface area contributed by atoms with Crippen molar-refractivity contribution in [1.82, 2.24) is 0 Å². The SMILES string of the molecule is CC(C)(C)C([Si])(Cl)Cl. The summed E-state index contributed by atoms with van der Waals surface area (Å²) in [4.78, 5) is 0. The van der Waals surface area contributed by atoms with Crippen molar-refractivity contribution in [3.63, 3.8) is 0 Å². The van der Waals surface area contributed by atoms with Gasteiger partial charge in [0.2, 0.25) is 0 Å². The predicted molar refractivity (Wildman–Crippen MR) is 39.6 cm³/mol. The third-order valence-electron chi connectivity index (χ3n) is 0.942. The maximum atomic E-state index is 5.69. The van der Waals surface area contributed by atoms with Crippen molar-refractivity contribution in [2.45, 2.75) is 24.7 Å². The van der Waals surface area contributed by atoms with Gasteiger partial charge in [-0.1, -0.05) is 20.8 Å². The van der Waals surface area contributed by atoms with Crippen LogP contribution in [-0.2, 0) is 0 Å². The standard InChI is InChI=1S/C5H9Cl2Si/c1-4(2,3)5(6,7)8/h1-3H3. The molecule has 0 amide bonds. The Morgan fingerprint density at radius 3 is 1.25 bits per heavy atom. The molecule has 0 aromatic carbocycles. The van der Waals surface area contributed by atoms with Crippen LogP contribution in [0.4, 0.5) is 0 Å². The van der Waals surface area contributed by atoms with E-state index in [2.05, 4.69) is 10.2 Å². The highest BCUT2D eigenvalue weighted by molar-refractivity contribution is 6.65. The molecule has 0 saturated heterocycles. The Morgan fingerprint density at radius 1 is 1.12 bits per heavy atom. The van der Waals surface area contributed by atoms with E-state index in [1.807, 2.05) is 20.8 Å². The van der Waals surface area contributed by atoms with Gasteiger partial charge in [0.05, 0.1) is 10.2 Å². The molecule has 0 N–H and O–H groups in total. The van der Waals surface area contributed by atoms with Crippen LogP contribution in [0.5, 0.6) is 0 Å². The summed E-state index contributed by atoms with van der Waals surface area (Å²) in [5, 5.41) is 0. The van der Waals surface area contributed by atoms with E-state index in [-0.39, 0.29) is 5.41 Å². The van der Waals surface area contributed by atoms with Crippen molar-refractivity contribution in [2.24, 2.45) is 5.41 Å². The second-order valence-corrected chi connectivity index (χ2v) is 5.54. The van der Waals surface area contributed by atoms with E-state index in [0.717, 1.165) is 0 Å². The molecule has 0 aliphatic carbocycles. The maximum absolute atomic E-state index is 5.69. The third-order valence-corrected chi connectivity index (χ3v) is 2.83. The van der Waals surface area contributed by atoms with E-state index in [1.54, 1.807) is 0 Å². The summed E-state index contributed by atoms with van der Waals surface area (Å²) in [5.74, 6) is 0. The molecule has 0 saturated carbocycles. The molecular weight excluding hydrogens is 159 g/mol. The smallest absolute Gasteiger partial charge is 0.104 e. The second-order valence-electron chi connectivity index (χ2n) is 2.82. The van der Waals surface area contributed by atoms with Gasteiger partial charge in [-0.15, -0.1) is 23.2 Å². The van der Waals surface area contributed by atoms with Gasteiger partial charge in [-0.25, -0.2) is 0 Å². The van der Waals surface area contributed by atoms with Crippen LogP contribution in [0.1, 0.15) is 20.8 Å². The van der Waals surface area contributed by atoms with Gasteiger partial charge in [-0.05, 0) is 5.41 Å². The molecule has 0 fully saturated rings. The zero-order valence-corrected chi connectivity index (χ0v) is 7.77. The van der Waals surface area contributed by atoms with Crippen LogP contribution in [0.2, 0.25) is 0 Å². The van der Waals surface area contributed by atoms with E-state index in [4.69, 9.17) is 23.2 Å². The Balaban J connectivity index is 4.02. The molecule has 3 heteroatoms. The predicted octanol–water partition coefficient (Wildman–Crippen LogP) is 2.33. The second kappa shape index (κ2) is 2.20. The van der Waals surface area contributed by atoms with Crippen molar-refractivity contribution >= 4 is 33.4 Å². The van der Waals surface area contributed by atoms with Crippen LogP contribution in [-0.4, -0.2) is 14.2 Å². The van der Waals surface area contributed by atoms with Crippen LogP contribution in [0.3, 0.4) is 0 Å². The molecule has 0 spiro atoms. The zero-order chi connectivity index (χ0) is 7.00. The lowest BCUT2D eigenvalue weighted by Crippen LogP contribution is -2.31. The third kappa shape index (κ3) is 2.38. The quantitative estimate of drug-likeness (QED) is 0.384. The normalized spacial score (nSPS) is 14.2. The largest absolute Gasteiger partial charge is 0.106 e. The summed E-state index contributed by atoms with van der Waals surface area (Å²) in [6.45, 7) is 5.88. The molecule has 0 atom stereocenters. The number of alkyl halides is 2. The highest BCUT2D eigenvalue weighted by Gasteiger charge is 2.32. The van der Waals surface area contributed by atoms with Gasteiger partial charge in [0.15, 0.2) is 0 Å². The molecule has 0 aliphatic heterocycles. The molecule has 0 aliphatic rings. The summed E-state index contributed by atoms with van der Waals surface area (Å²) in [7, 11) is 3.18. The van der Waals surface area contributed by atoms with Gasteiger partial charge in [0, 0.05) is 0 Å². The van der Waals surface area contributed by atoms with E-state index >= 15 is 0 Å². The molecule has 0 bridgehead atoms. The van der Waals surface area contributed by atoms with Crippen molar-refractivity contribution in [3.05, 3.63) is 0 Å². The Bertz CT molecular complexity index is 65.4. The molecule has 8 heavy (non-hydrogen) atoms. The molecule has 0 unspecified atom stereocenters. The lowest BCUT2D eigenvalue weighted by molar-refractivity contribution is 0.423. The van der Waals surface area contributed by atoms with Gasteiger partial charge < -0.3 is 0 Å². The summed E-state index contributed by atoms with van der Waals surface area (Å²) in [5.41, 5.74) is -0.118. The summed E-state index contributed by atoms with van der Waals surface area (Å²) < 4.78 is -0.812. The maximum Gasteiger partial charge on any atom is 0.104 e. The Hall–Kier alpha value is 0.797. The monoisotopic (exact) mass is 167 g/mol. The lowest BCUT2D eigenvalue weighted by atomic mass is 9.99. The molecule has 0 aromatic rings. The molecular formula is C5H9Cl2Si. The summed E-state index contributed by atoms with van der Waals surface area (Å²) >= 11 is 11.4. The molecule has 0 nitrogen and oxygen atoms in total. The average Bonchev–Trinajstić information content (AvgIpc) is 1.25. The Kier molecular flexibility index (Phi) is 2.42. The number of halogens is 2. The summed E-state index contributed by atoms with van der Waals surface area (Å²) in [6, 6.07) is 0. The van der Waals surface area contributed by atoms with Gasteiger partial charge in [0.1, 0.15) is 3.96 Å². The van der Waals surface area contributed by atoms with E-state index in [1.165, 1.54) is 0 Å². The van der Waals surface area contributed by atoms with Gasteiger partial charge in [-0.2, -0.15) is 0 Å². The van der Waals surface area contributed by atoms with Crippen LogP contribution in [0, 0.1) is 5.41 Å². The fourth-order valence-electron chi connectivity index (χ4n) is 0. The highest BCUT2D eigenvalue weighted by Crippen LogP contribution is 2.36. The fourth-order valence-corrected chi connectivity index (χ4v) is 0. The number of hydrogen-bond acceptors (Lipinski definition) is 0. The zero-order valence-electron chi connectivity index (χ0n) is 5.26. The van der Waals surface area contributed by atoms with Crippen LogP contribution in [0.25, 0.3) is 0 Å². The first-order valence-electron chi connectivity index (χ1n) is 2.38. The van der Waals surface area contributed by atoms with Crippen molar-refractivity contribution in [2.75, 3.05) is 0 Å². The molecule has 47 valence electrons. The van der Waals surface area contributed by atoms with E-state index in [0.29, 0.717) is 0 Å². The minimum Gasteiger partial charge on any atom is -0.106 e. The summed E-state index contributed by atoms with van der Waals surface area (Å²) in [6.07, 6.45) is 0. The lowest BCUT2D eigenvalue weighted by Gasteiger charge is -2.29. The molecule has 0 rings (SSSR count). The van der Waals surface area contributed by atoms with Gasteiger partial charge in [0.25, 0.3) is 0 Å². The van der Waals surface area contributed by atoms with Gasteiger partial charge in [-0.3, -0.25) is 0 Å². The topological polar surface area (TPSA) is 0 Å². The fraction of sp³-hybridized carbons (Fsp3) is 1.00. The van der Waals surface area contributed by atoms with Crippen molar-refractivity contribution in [3.8, 4) is 0 Å². The van der Waals surface area contributed by atoms with Crippen molar-refractivity contribution < 1.29 is 0 Å². The minimum absolute atomic E-state index is 0.118. The van der Waals surface area contributed by atoms with Crippen molar-refractivity contribution in [1.29, 1.82) is 0 Å². The first-order valence-corrected chi connectivity index (χ1v) is 3.63. The highest BCUT2D eigenvalue weighted by atomic mass is 35.5. The minimum atomic E-state index is -0.812. The van der Waals surface area contributed by atoms with Gasteiger partial charge >= 0.3 is 0 Å². The molecule has 0 heterocycles. The van der Waals surface area contributed by atoms with E-state index in [9.17, 15) is 0 Å². The average molecular weight is 168 g/mol. The number of hydrogen-bond donors (Lipinski definition) is 0. The van der Waals surface area contributed by atoms with Crippen LogP contribution < -0.4 is 0 Å². The Morgan fingerprint density at radius 2 is 1.25 bits per heavy atom. The van der Waals surface area contributed by atoms with Crippen LogP contribution in [0.15, 0.2) is 0 Å². The first kappa shape index (κ1) is 8.80.